The Morgan fingerprint density at radius 2 is 1.93 bits per heavy atom. The fourth-order valence-electron chi connectivity index (χ4n) is 2.33. The minimum absolute atomic E-state index is 0.0545. The first-order valence-electron chi connectivity index (χ1n) is 8.24. The largest absolute Gasteiger partial charge is 0.350 e. The van der Waals surface area contributed by atoms with Crippen molar-refractivity contribution in [3.8, 4) is 0 Å². The van der Waals surface area contributed by atoms with E-state index in [0.29, 0.717) is 0 Å². The van der Waals surface area contributed by atoms with Crippen LogP contribution in [0.1, 0.15) is 26.9 Å². The summed E-state index contributed by atoms with van der Waals surface area (Å²) in [6.07, 6.45) is 3.32. The zero-order valence-electron chi connectivity index (χ0n) is 14.7. The third-order valence-corrected chi connectivity index (χ3v) is 4.02. The number of carbonyl (C=O) groups is 2. The van der Waals surface area contributed by atoms with E-state index < -0.39 is 16.7 Å². The van der Waals surface area contributed by atoms with Crippen LogP contribution in [0.25, 0.3) is 0 Å². The summed E-state index contributed by atoms with van der Waals surface area (Å²) in [5, 5.41) is 23.7. The lowest BCUT2D eigenvalue weighted by Crippen LogP contribution is -2.35. The van der Waals surface area contributed by atoms with Gasteiger partial charge >= 0.3 is 11.8 Å². The number of nitrogens with zero attached hydrogens (tertiary/aromatic N) is 5. The van der Waals surface area contributed by atoms with Crippen LogP contribution < -0.4 is 10.6 Å². The maximum Gasteiger partial charge on any atom is 0.316 e. The number of carbonyl (C=O) groups excluding carboxylic acids is 2. The number of para-hydroxylation sites is 1. The number of nitro groups is 1. The van der Waals surface area contributed by atoms with E-state index in [9.17, 15) is 19.7 Å². The molecule has 2 aromatic heterocycles. The van der Waals surface area contributed by atoms with Gasteiger partial charge in [-0.15, -0.1) is 0 Å². The first kappa shape index (κ1) is 20.1. The first-order valence-corrected chi connectivity index (χ1v) is 9.03. The Kier molecular flexibility index (Phi) is 6.29. The molecule has 0 unspecified atom stereocenters. The van der Waals surface area contributed by atoms with Gasteiger partial charge in [0, 0.05) is 25.4 Å². The molecule has 2 amide bonds. The molecule has 0 radical (unpaired) electrons. The molecule has 0 aliphatic heterocycles. The molecule has 0 saturated heterocycles. The van der Waals surface area contributed by atoms with Gasteiger partial charge < -0.3 is 15.2 Å². The Hall–Kier alpha value is -3.61. The molecule has 150 valence electrons. The third-order valence-electron chi connectivity index (χ3n) is 3.61. The predicted octanol–water partition coefficient (Wildman–Crippen LogP) is 1.14. The van der Waals surface area contributed by atoms with Gasteiger partial charge in [0.2, 0.25) is 0 Å². The van der Waals surface area contributed by atoms with Crippen molar-refractivity contribution in [1.82, 2.24) is 30.6 Å². The monoisotopic (exact) mass is 463 g/mol. The number of hydrogen-bond donors (Lipinski definition) is 2. The third kappa shape index (κ3) is 5.22. The Balaban J connectivity index is 1.47. The van der Waals surface area contributed by atoms with Crippen molar-refractivity contribution < 1.29 is 19.0 Å². The fraction of sp³-hybridized carbons (Fsp3) is 0.188. The number of aromatic nitrogens is 4. The topological polar surface area (TPSA) is 158 Å². The molecule has 29 heavy (non-hydrogen) atoms. The summed E-state index contributed by atoms with van der Waals surface area (Å²) in [5.41, 5.74) is -0.354. The molecule has 0 aliphatic rings. The summed E-state index contributed by atoms with van der Waals surface area (Å²) >= 11 is 3.27. The van der Waals surface area contributed by atoms with Crippen LogP contribution in [0.15, 0.2) is 45.7 Å². The Morgan fingerprint density at radius 1 is 1.21 bits per heavy atom. The van der Waals surface area contributed by atoms with Gasteiger partial charge in [-0.2, -0.15) is 10.1 Å². The van der Waals surface area contributed by atoms with E-state index in [4.69, 9.17) is 4.52 Å². The van der Waals surface area contributed by atoms with E-state index in [2.05, 4.69) is 41.8 Å². The van der Waals surface area contributed by atoms with Crippen LogP contribution in [-0.4, -0.2) is 49.7 Å². The summed E-state index contributed by atoms with van der Waals surface area (Å²) < 4.78 is 7.26. The van der Waals surface area contributed by atoms with Gasteiger partial charge in [0.1, 0.15) is 12.1 Å². The second-order valence-electron chi connectivity index (χ2n) is 5.66. The van der Waals surface area contributed by atoms with Crippen LogP contribution >= 0.6 is 15.9 Å². The molecule has 0 fully saturated rings. The number of benzene rings is 1. The minimum Gasteiger partial charge on any atom is -0.350 e. The summed E-state index contributed by atoms with van der Waals surface area (Å²) in [7, 11) is 0. The molecule has 3 aromatic rings. The highest BCUT2D eigenvalue weighted by atomic mass is 79.9. The standard InChI is InChI=1S/C16H14BrN7O5/c17-10-7-20-23(8-10)9-13-21-16(29-22-13)15(26)19-6-5-18-14(25)11-3-1-2-4-12(11)24(27)28/h1-4,7-8H,5-6,9H2,(H,18,25)(H,19,26). The highest BCUT2D eigenvalue weighted by Gasteiger charge is 2.19. The molecular formula is C16H14BrN7O5. The molecule has 0 saturated carbocycles. The predicted molar refractivity (Wildman–Crippen MR) is 101 cm³/mol. The lowest BCUT2D eigenvalue weighted by atomic mass is 10.1. The van der Waals surface area contributed by atoms with Crippen molar-refractivity contribution in [1.29, 1.82) is 0 Å². The zero-order chi connectivity index (χ0) is 20.8. The van der Waals surface area contributed by atoms with Crippen LogP contribution in [-0.2, 0) is 6.54 Å². The van der Waals surface area contributed by atoms with Crippen LogP contribution in [0.5, 0.6) is 0 Å². The Bertz CT molecular complexity index is 1050. The first-order chi connectivity index (χ1) is 13.9. The smallest absolute Gasteiger partial charge is 0.316 e. The Labute approximate surface area is 171 Å². The number of amides is 2. The zero-order valence-corrected chi connectivity index (χ0v) is 16.3. The van der Waals surface area contributed by atoms with Gasteiger partial charge in [-0.05, 0) is 22.0 Å². The van der Waals surface area contributed by atoms with Gasteiger partial charge in [-0.1, -0.05) is 17.3 Å². The number of hydrogen-bond acceptors (Lipinski definition) is 8. The molecule has 2 heterocycles. The molecule has 1 aromatic carbocycles. The summed E-state index contributed by atoms with van der Waals surface area (Å²) in [6.45, 7) is 0.349. The molecule has 0 aliphatic carbocycles. The van der Waals surface area contributed by atoms with E-state index >= 15 is 0 Å². The van der Waals surface area contributed by atoms with Crippen molar-refractivity contribution in [2.75, 3.05) is 13.1 Å². The molecule has 13 heteroatoms. The maximum absolute atomic E-state index is 12.1. The lowest BCUT2D eigenvalue weighted by Gasteiger charge is -2.06. The van der Waals surface area contributed by atoms with Crippen molar-refractivity contribution in [3.63, 3.8) is 0 Å². The fourth-order valence-corrected chi connectivity index (χ4v) is 2.66. The Morgan fingerprint density at radius 3 is 2.62 bits per heavy atom. The molecule has 0 spiro atoms. The molecule has 2 N–H and O–H groups in total. The van der Waals surface area contributed by atoms with Crippen molar-refractivity contribution in [2.24, 2.45) is 0 Å². The van der Waals surface area contributed by atoms with E-state index in [1.54, 1.807) is 17.1 Å². The maximum atomic E-state index is 12.1. The number of halogens is 1. The summed E-state index contributed by atoms with van der Waals surface area (Å²) in [6, 6.07) is 5.59. The highest BCUT2D eigenvalue weighted by Crippen LogP contribution is 2.17. The molecule has 3 rings (SSSR count). The second kappa shape index (κ2) is 9.05. The quantitative estimate of drug-likeness (QED) is 0.285. The van der Waals surface area contributed by atoms with Gasteiger partial charge in [0.05, 0.1) is 15.6 Å². The van der Waals surface area contributed by atoms with Crippen molar-refractivity contribution in [2.45, 2.75) is 6.54 Å². The average molecular weight is 464 g/mol. The average Bonchev–Trinajstić information content (AvgIpc) is 3.34. The van der Waals surface area contributed by atoms with Crippen LogP contribution in [0.2, 0.25) is 0 Å². The van der Waals surface area contributed by atoms with Gasteiger partial charge in [0.25, 0.3) is 11.6 Å². The van der Waals surface area contributed by atoms with Gasteiger partial charge in [-0.3, -0.25) is 24.4 Å². The summed E-state index contributed by atoms with van der Waals surface area (Å²) in [5.74, 6) is -1.17. The number of nitrogens with one attached hydrogen (secondary N) is 2. The SMILES string of the molecule is O=C(NCCNC(=O)c1ccccc1[N+](=O)[O-])c1nc(Cn2cc(Br)cn2)no1. The van der Waals surface area contributed by atoms with Crippen LogP contribution in [0.3, 0.4) is 0 Å². The van der Waals surface area contributed by atoms with E-state index in [1.165, 1.54) is 24.3 Å². The van der Waals surface area contributed by atoms with E-state index in [1.807, 2.05) is 0 Å². The van der Waals surface area contributed by atoms with Crippen molar-refractivity contribution >= 4 is 33.4 Å². The van der Waals surface area contributed by atoms with Gasteiger partial charge in [-0.25, -0.2) is 0 Å². The minimum atomic E-state index is -0.633. The van der Waals surface area contributed by atoms with Crippen LogP contribution in [0, 0.1) is 10.1 Å². The molecule has 12 nitrogen and oxygen atoms in total. The molecule has 0 atom stereocenters. The molecule has 0 bridgehead atoms. The van der Waals surface area contributed by atoms with Gasteiger partial charge in [0.15, 0.2) is 5.82 Å². The molecular weight excluding hydrogens is 450 g/mol. The lowest BCUT2D eigenvalue weighted by molar-refractivity contribution is -0.385. The van der Waals surface area contributed by atoms with Crippen molar-refractivity contribution in [3.05, 3.63) is 68.5 Å². The van der Waals surface area contributed by atoms with E-state index in [0.717, 1.165) is 4.47 Å². The summed E-state index contributed by atoms with van der Waals surface area (Å²) in [4.78, 5) is 38.4. The van der Waals surface area contributed by atoms with E-state index in [-0.39, 0.29) is 42.6 Å². The number of nitro benzene ring substituents is 1. The highest BCUT2D eigenvalue weighted by molar-refractivity contribution is 9.10. The second-order valence-corrected chi connectivity index (χ2v) is 6.57. The number of rotatable bonds is 8. The van der Waals surface area contributed by atoms with Crippen LogP contribution in [0.4, 0.5) is 5.69 Å². The normalized spacial score (nSPS) is 10.5.